The number of carbonyl (C=O) groups is 1. The van der Waals surface area contributed by atoms with Crippen molar-refractivity contribution in [3.8, 4) is 0 Å². The lowest BCUT2D eigenvalue weighted by Crippen LogP contribution is -2.36. The van der Waals surface area contributed by atoms with Crippen LogP contribution in [-0.2, 0) is 17.1 Å². The summed E-state index contributed by atoms with van der Waals surface area (Å²) in [6.07, 6.45) is 8.77. The van der Waals surface area contributed by atoms with Crippen molar-refractivity contribution in [3.05, 3.63) is 18.0 Å². The van der Waals surface area contributed by atoms with Gasteiger partial charge in [0.2, 0.25) is 10.0 Å². The van der Waals surface area contributed by atoms with Crippen molar-refractivity contribution < 1.29 is 13.2 Å². The van der Waals surface area contributed by atoms with Crippen LogP contribution in [0, 0.1) is 0 Å². The van der Waals surface area contributed by atoms with E-state index < -0.39 is 15.9 Å². The number of aromatic nitrogens is 1. The minimum absolute atomic E-state index is 0.0586. The van der Waals surface area contributed by atoms with E-state index in [-0.39, 0.29) is 10.6 Å². The molecule has 130 valence electrons. The van der Waals surface area contributed by atoms with Gasteiger partial charge in [0, 0.05) is 32.4 Å². The zero-order valence-corrected chi connectivity index (χ0v) is 14.4. The topological polar surface area (TPSA) is 106 Å². The number of nitrogens with two attached hydrogens (primary N) is 1. The van der Waals surface area contributed by atoms with Crippen molar-refractivity contribution in [2.24, 2.45) is 12.8 Å². The van der Waals surface area contributed by atoms with E-state index in [1.165, 1.54) is 42.5 Å². The van der Waals surface area contributed by atoms with Gasteiger partial charge in [-0.1, -0.05) is 25.7 Å². The van der Waals surface area contributed by atoms with Gasteiger partial charge in [0.1, 0.15) is 10.6 Å². The third-order valence-corrected chi connectivity index (χ3v) is 5.68. The second kappa shape index (κ2) is 7.94. The molecule has 0 unspecified atom stereocenters. The summed E-state index contributed by atoms with van der Waals surface area (Å²) >= 11 is 0. The molecular weight excluding hydrogens is 316 g/mol. The Labute approximate surface area is 137 Å². The molecule has 1 amide bonds. The first-order valence-corrected chi connectivity index (χ1v) is 9.57. The number of hydrogen-bond acceptors (Lipinski definition) is 4. The highest BCUT2D eigenvalue weighted by atomic mass is 32.2. The number of primary amides is 1. The maximum atomic E-state index is 12.2. The number of carbonyl (C=O) groups excluding carboxylic acids is 1. The molecule has 0 aliphatic heterocycles. The van der Waals surface area contributed by atoms with Gasteiger partial charge in [-0.15, -0.1) is 0 Å². The molecule has 1 aliphatic carbocycles. The SMILES string of the molecule is Cn1cc(S(=O)(=O)NCCNC2CCCCCC2)cc1C(N)=O. The van der Waals surface area contributed by atoms with Crippen molar-refractivity contribution in [1.29, 1.82) is 0 Å². The maximum absolute atomic E-state index is 12.2. The van der Waals surface area contributed by atoms with E-state index in [0.29, 0.717) is 19.1 Å². The van der Waals surface area contributed by atoms with E-state index in [0.717, 1.165) is 12.8 Å². The molecule has 1 fully saturated rings. The summed E-state index contributed by atoms with van der Waals surface area (Å²) in [6.45, 7) is 0.916. The average Bonchev–Trinajstić information content (AvgIpc) is 2.72. The summed E-state index contributed by atoms with van der Waals surface area (Å²) in [5.41, 5.74) is 5.37. The molecule has 1 aromatic heterocycles. The first kappa shape index (κ1) is 18.0. The molecule has 0 spiro atoms. The maximum Gasteiger partial charge on any atom is 0.265 e. The Morgan fingerprint density at radius 1 is 1.26 bits per heavy atom. The van der Waals surface area contributed by atoms with Crippen LogP contribution in [0.25, 0.3) is 0 Å². The highest BCUT2D eigenvalue weighted by Crippen LogP contribution is 2.17. The van der Waals surface area contributed by atoms with Gasteiger partial charge in [-0.3, -0.25) is 4.79 Å². The standard InChI is InChI=1S/C15H26N4O3S/c1-19-11-13(10-14(19)15(16)20)23(21,22)18-9-8-17-12-6-4-2-3-5-7-12/h10-12,17-18H,2-9H2,1H3,(H2,16,20). The van der Waals surface area contributed by atoms with Crippen LogP contribution in [0.2, 0.25) is 0 Å². The van der Waals surface area contributed by atoms with Gasteiger partial charge < -0.3 is 15.6 Å². The van der Waals surface area contributed by atoms with Crippen LogP contribution in [0.5, 0.6) is 0 Å². The van der Waals surface area contributed by atoms with Gasteiger partial charge in [-0.05, 0) is 18.9 Å². The summed E-state index contributed by atoms with van der Waals surface area (Å²) in [7, 11) is -2.03. The molecule has 0 bridgehead atoms. The van der Waals surface area contributed by atoms with Crippen LogP contribution in [0.4, 0.5) is 0 Å². The highest BCUT2D eigenvalue weighted by Gasteiger charge is 2.19. The number of aryl methyl sites for hydroxylation is 1. The normalized spacial score (nSPS) is 17.1. The Kier molecular flexibility index (Phi) is 6.20. The third-order valence-electron chi connectivity index (χ3n) is 4.25. The molecule has 1 heterocycles. The van der Waals surface area contributed by atoms with Crippen LogP contribution in [0.1, 0.15) is 49.0 Å². The van der Waals surface area contributed by atoms with Gasteiger partial charge in [0.05, 0.1) is 0 Å². The van der Waals surface area contributed by atoms with Gasteiger partial charge >= 0.3 is 0 Å². The van der Waals surface area contributed by atoms with Crippen LogP contribution < -0.4 is 15.8 Å². The fourth-order valence-electron chi connectivity index (χ4n) is 2.95. The number of sulfonamides is 1. The minimum atomic E-state index is -3.62. The van der Waals surface area contributed by atoms with Crippen molar-refractivity contribution >= 4 is 15.9 Å². The molecule has 0 radical (unpaired) electrons. The van der Waals surface area contributed by atoms with E-state index in [9.17, 15) is 13.2 Å². The Bertz CT molecular complexity index is 631. The van der Waals surface area contributed by atoms with E-state index in [1.807, 2.05) is 0 Å². The molecule has 7 nitrogen and oxygen atoms in total. The average molecular weight is 342 g/mol. The first-order valence-electron chi connectivity index (χ1n) is 8.09. The second-order valence-electron chi connectivity index (χ2n) is 6.08. The molecule has 2 rings (SSSR count). The Hall–Kier alpha value is -1.38. The van der Waals surface area contributed by atoms with Crippen LogP contribution in [0.15, 0.2) is 17.2 Å². The largest absolute Gasteiger partial charge is 0.364 e. The molecule has 1 aliphatic rings. The van der Waals surface area contributed by atoms with Crippen LogP contribution >= 0.6 is 0 Å². The molecule has 0 aromatic carbocycles. The quantitative estimate of drug-likeness (QED) is 0.501. The lowest BCUT2D eigenvalue weighted by atomic mass is 10.1. The Morgan fingerprint density at radius 3 is 2.48 bits per heavy atom. The van der Waals surface area contributed by atoms with Gasteiger partial charge in [0.25, 0.3) is 5.91 Å². The first-order chi connectivity index (χ1) is 10.9. The summed E-state index contributed by atoms with van der Waals surface area (Å²) in [4.78, 5) is 11.3. The smallest absolute Gasteiger partial charge is 0.265 e. The third kappa shape index (κ3) is 5.05. The van der Waals surface area contributed by atoms with Crippen molar-refractivity contribution in [2.45, 2.75) is 49.5 Å². The number of rotatable bonds is 7. The molecule has 4 N–H and O–H groups in total. The number of hydrogen-bond donors (Lipinski definition) is 3. The van der Waals surface area contributed by atoms with Gasteiger partial charge in [0.15, 0.2) is 0 Å². The summed E-state index contributed by atoms with van der Waals surface area (Å²) < 4.78 is 28.4. The van der Waals surface area contributed by atoms with Gasteiger partial charge in [-0.25, -0.2) is 13.1 Å². The number of nitrogens with one attached hydrogen (secondary N) is 2. The molecule has 23 heavy (non-hydrogen) atoms. The molecular formula is C15H26N4O3S. The fourth-order valence-corrected chi connectivity index (χ4v) is 4.06. The molecule has 1 aromatic rings. The Balaban J connectivity index is 1.84. The van der Waals surface area contributed by atoms with Crippen LogP contribution in [-0.4, -0.2) is 38.0 Å². The monoisotopic (exact) mass is 342 g/mol. The zero-order chi connectivity index (χ0) is 16.9. The van der Waals surface area contributed by atoms with E-state index in [4.69, 9.17) is 5.73 Å². The lowest BCUT2D eigenvalue weighted by Gasteiger charge is -2.16. The van der Waals surface area contributed by atoms with E-state index in [2.05, 4.69) is 10.0 Å². The Morgan fingerprint density at radius 2 is 1.91 bits per heavy atom. The minimum Gasteiger partial charge on any atom is -0.364 e. The molecule has 1 saturated carbocycles. The van der Waals surface area contributed by atoms with E-state index in [1.54, 1.807) is 7.05 Å². The zero-order valence-electron chi connectivity index (χ0n) is 13.5. The summed E-state index contributed by atoms with van der Waals surface area (Å²) in [5.74, 6) is -0.649. The number of amides is 1. The summed E-state index contributed by atoms with van der Waals surface area (Å²) in [6, 6.07) is 1.78. The predicted octanol–water partition coefficient (Wildman–Crippen LogP) is 0.715. The fraction of sp³-hybridized carbons (Fsp3) is 0.667. The summed E-state index contributed by atoms with van der Waals surface area (Å²) in [5, 5.41) is 3.41. The second-order valence-corrected chi connectivity index (χ2v) is 7.84. The molecule has 0 atom stereocenters. The van der Waals surface area contributed by atoms with Crippen LogP contribution in [0.3, 0.4) is 0 Å². The van der Waals surface area contributed by atoms with Gasteiger partial charge in [-0.2, -0.15) is 0 Å². The molecule has 8 heteroatoms. The van der Waals surface area contributed by atoms with E-state index >= 15 is 0 Å². The highest BCUT2D eigenvalue weighted by molar-refractivity contribution is 7.89. The predicted molar refractivity (Wildman–Crippen MR) is 88.6 cm³/mol. The van der Waals surface area contributed by atoms with Crippen molar-refractivity contribution in [1.82, 2.24) is 14.6 Å². The van der Waals surface area contributed by atoms with Crippen molar-refractivity contribution in [3.63, 3.8) is 0 Å². The lowest BCUT2D eigenvalue weighted by molar-refractivity contribution is 0.0992. The van der Waals surface area contributed by atoms with Crippen molar-refractivity contribution in [2.75, 3.05) is 13.1 Å². The number of nitrogens with zero attached hydrogens (tertiary/aromatic N) is 1. The molecule has 0 saturated heterocycles.